The lowest BCUT2D eigenvalue weighted by atomic mass is 10.1. The molecule has 2 N–H and O–H groups in total. The van der Waals surface area contributed by atoms with E-state index in [4.69, 9.17) is 10.2 Å². The Morgan fingerprint density at radius 2 is 2.19 bits per heavy atom. The summed E-state index contributed by atoms with van der Waals surface area (Å²) < 4.78 is 5.54. The normalized spacial score (nSPS) is 13.4. The molecule has 1 aromatic rings. The van der Waals surface area contributed by atoms with Gasteiger partial charge >= 0.3 is 0 Å². The number of hydrogen-bond donors (Lipinski definition) is 1. The first-order valence-electron chi connectivity index (χ1n) is 6.03. The fourth-order valence-corrected chi connectivity index (χ4v) is 1.86. The van der Waals surface area contributed by atoms with Gasteiger partial charge in [-0.05, 0) is 26.0 Å². The van der Waals surface area contributed by atoms with Gasteiger partial charge in [0.1, 0.15) is 11.5 Å². The van der Waals surface area contributed by atoms with E-state index in [-0.39, 0.29) is 0 Å². The zero-order chi connectivity index (χ0) is 12.1. The lowest BCUT2D eigenvalue weighted by Gasteiger charge is -2.19. The fraction of sp³-hybridized carbons (Fsp3) is 0.692. The SMILES string of the molecule is CCC(C)CN(C)Cc1cc(CN)oc1C. The molecular weight excluding hydrogens is 200 g/mol. The second-order valence-electron chi connectivity index (χ2n) is 4.71. The number of nitrogens with zero attached hydrogens (tertiary/aromatic N) is 1. The molecule has 1 unspecified atom stereocenters. The third-order valence-corrected chi connectivity index (χ3v) is 3.03. The van der Waals surface area contributed by atoms with E-state index in [2.05, 4.69) is 31.9 Å². The van der Waals surface area contributed by atoms with Gasteiger partial charge in [0.05, 0.1) is 6.54 Å². The standard InChI is InChI=1S/C13H24N2O/c1-5-10(2)8-15(4)9-12-6-13(7-14)16-11(12)3/h6,10H,5,7-9,14H2,1-4H3. The first kappa shape index (κ1) is 13.3. The molecule has 0 amide bonds. The molecular formula is C13H24N2O. The van der Waals surface area contributed by atoms with Gasteiger partial charge in [0.25, 0.3) is 0 Å². The van der Waals surface area contributed by atoms with Crippen LogP contribution in [0.1, 0.15) is 37.4 Å². The predicted octanol–water partition coefficient (Wildman–Crippen LogP) is 2.52. The second-order valence-corrected chi connectivity index (χ2v) is 4.71. The molecule has 1 atom stereocenters. The first-order valence-corrected chi connectivity index (χ1v) is 6.03. The molecule has 0 aliphatic rings. The van der Waals surface area contributed by atoms with E-state index in [1.807, 2.05) is 6.92 Å². The van der Waals surface area contributed by atoms with Crippen molar-refractivity contribution in [1.29, 1.82) is 0 Å². The summed E-state index contributed by atoms with van der Waals surface area (Å²) in [5.74, 6) is 2.62. The quantitative estimate of drug-likeness (QED) is 0.807. The molecule has 0 bridgehead atoms. The molecule has 0 saturated carbocycles. The summed E-state index contributed by atoms with van der Waals surface area (Å²) in [6.45, 7) is 9.07. The molecule has 0 spiro atoms. The first-order chi connectivity index (χ1) is 7.56. The Labute approximate surface area is 98.6 Å². The van der Waals surface area contributed by atoms with E-state index in [1.54, 1.807) is 0 Å². The van der Waals surface area contributed by atoms with Gasteiger partial charge in [-0.2, -0.15) is 0 Å². The lowest BCUT2D eigenvalue weighted by Crippen LogP contribution is -2.23. The van der Waals surface area contributed by atoms with E-state index in [0.29, 0.717) is 6.54 Å². The smallest absolute Gasteiger partial charge is 0.118 e. The van der Waals surface area contributed by atoms with E-state index in [1.165, 1.54) is 12.0 Å². The van der Waals surface area contributed by atoms with Crippen molar-refractivity contribution < 1.29 is 4.42 Å². The number of furan rings is 1. The molecule has 3 nitrogen and oxygen atoms in total. The molecule has 92 valence electrons. The van der Waals surface area contributed by atoms with Crippen LogP contribution in [0.4, 0.5) is 0 Å². The second kappa shape index (κ2) is 6.06. The van der Waals surface area contributed by atoms with Crippen molar-refractivity contribution in [2.75, 3.05) is 13.6 Å². The molecule has 0 aliphatic carbocycles. The van der Waals surface area contributed by atoms with Crippen molar-refractivity contribution in [3.63, 3.8) is 0 Å². The molecule has 0 radical (unpaired) electrons. The summed E-state index contributed by atoms with van der Waals surface area (Å²) in [4.78, 5) is 2.34. The van der Waals surface area contributed by atoms with Crippen LogP contribution < -0.4 is 5.73 Å². The number of hydrogen-bond acceptors (Lipinski definition) is 3. The molecule has 0 aliphatic heterocycles. The van der Waals surface area contributed by atoms with Crippen LogP contribution >= 0.6 is 0 Å². The largest absolute Gasteiger partial charge is 0.465 e. The topological polar surface area (TPSA) is 42.4 Å². The van der Waals surface area contributed by atoms with Crippen molar-refractivity contribution in [1.82, 2.24) is 4.90 Å². The van der Waals surface area contributed by atoms with Crippen molar-refractivity contribution in [3.05, 3.63) is 23.2 Å². The summed E-state index contributed by atoms with van der Waals surface area (Å²) in [5.41, 5.74) is 6.81. The zero-order valence-corrected chi connectivity index (χ0v) is 10.9. The van der Waals surface area contributed by atoms with Crippen LogP contribution in [0.15, 0.2) is 10.5 Å². The van der Waals surface area contributed by atoms with Crippen LogP contribution in [0.25, 0.3) is 0 Å². The molecule has 0 fully saturated rings. The fourth-order valence-electron chi connectivity index (χ4n) is 1.86. The van der Waals surface area contributed by atoms with Crippen LogP contribution in [0.5, 0.6) is 0 Å². The van der Waals surface area contributed by atoms with E-state index in [9.17, 15) is 0 Å². The summed E-state index contributed by atoms with van der Waals surface area (Å²) in [5, 5.41) is 0. The average molecular weight is 224 g/mol. The van der Waals surface area contributed by atoms with Crippen molar-refractivity contribution >= 4 is 0 Å². The minimum atomic E-state index is 0.482. The Kier molecular flexibility index (Phi) is 5.03. The molecule has 3 heteroatoms. The number of nitrogens with two attached hydrogens (primary N) is 1. The molecule has 1 heterocycles. The number of rotatable bonds is 6. The van der Waals surface area contributed by atoms with Crippen LogP contribution in [-0.2, 0) is 13.1 Å². The molecule has 1 rings (SSSR count). The van der Waals surface area contributed by atoms with Crippen LogP contribution in [0.3, 0.4) is 0 Å². The van der Waals surface area contributed by atoms with Gasteiger partial charge in [-0.3, -0.25) is 0 Å². The highest BCUT2D eigenvalue weighted by atomic mass is 16.3. The lowest BCUT2D eigenvalue weighted by molar-refractivity contribution is 0.273. The van der Waals surface area contributed by atoms with Crippen molar-refractivity contribution in [2.45, 2.75) is 40.3 Å². The Balaban J connectivity index is 2.55. The summed E-state index contributed by atoms with van der Waals surface area (Å²) in [7, 11) is 2.15. The molecule has 1 aromatic heterocycles. The maximum atomic E-state index is 5.56. The third-order valence-electron chi connectivity index (χ3n) is 3.03. The highest BCUT2D eigenvalue weighted by Gasteiger charge is 2.10. The predicted molar refractivity (Wildman–Crippen MR) is 67.1 cm³/mol. The van der Waals surface area contributed by atoms with E-state index < -0.39 is 0 Å². The maximum Gasteiger partial charge on any atom is 0.118 e. The van der Waals surface area contributed by atoms with E-state index >= 15 is 0 Å². The highest BCUT2D eigenvalue weighted by Crippen LogP contribution is 2.16. The third kappa shape index (κ3) is 3.65. The van der Waals surface area contributed by atoms with Gasteiger partial charge in [0, 0.05) is 18.7 Å². The van der Waals surface area contributed by atoms with Gasteiger partial charge < -0.3 is 15.1 Å². The summed E-state index contributed by atoms with van der Waals surface area (Å²) >= 11 is 0. The van der Waals surface area contributed by atoms with Gasteiger partial charge in [-0.25, -0.2) is 0 Å². The van der Waals surface area contributed by atoms with Gasteiger partial charge in [0.2, 0.25) is 0 Å². The van der Waals surface area contributed by atoms with Crippen LogP contribution in [-0.4, -0.2) is 18.5 Å². The highest BCUT2D eigenvalue weighted by molar-refractivity contribution is 5.20. The average Bonchev–Trinajstić information content (AvgIpc) is 2.59. The Morgan fingerprint density at radius 3 is 2.69 bits per heavy atom. The minimum absolute atomic E-state index is 0.482. The zero-order valence-electron chi connectivity index (χ0n) is 10.9. The maximum absolute atomic E-state index is 5.56. The number of aryl methyl sites for hydroxylation is 1. The monoisotopic (exact) mass is 224 g/mol. The molecule has 0 aromatic carbocycles. The Morgan fingerprint density at radius 1 is 1.50 bits per heavy atom. The summed E-state index contributed by atoms with van der Waals surface area (Å²) in [6.07, 6.45) is 1.22. The van der Waals surface area contributed by atoms with Crippen LogP contribution in [0.2, 0.25) is 0 Å². The Bertz CT molecular complexity index is 320. The molecule has 16 heavy (non-hydrogen) atoms. The van der Waals surface area contributed by atoms with Crippen molar-refractivity contribution in [3.8, 4) is 0 Å². The van der Waals surface area contributed by atoms with Crippen LogP contribution in [0, 0.1) is 12.8 Å². The van der Waals surface area contributed by atoms with Gasteiger partial charge in [0.15, 0.2) is 0 Å². The minimum Gasteiger partial charge on any atom is -0.465 e. The Hall–Kier alpha value is -0.800. The molecule has 0 saturated heterocycles. The van der Waals surface area contributed by atoms with Crippen molar-refractivity contribution in [2.24, 2.45) is 11.7 Å². The van der Waals surface area contributed by atoms with E-state index in [0.717, 1.165) is 30.5 Å². The van der Waals surface area contributed by atoms with Gasteiger partial charge in [-0.1, -0.05) is 20.3 Å². The van der Waals surface area contributed by atoms with Gasteiger partial charge in [-0.15, -0.1) is 0 Å². The summed E-state index contributed by atoms with van der Waals surface area (Å²) in [6, 6.07) is 2.07.